The van der Waals surface area contributed by atoms with Gasteiger partial charge in [-0.05, 0) is 50.1 Å². The predicted octanol–water partition coefficient (Wildman–Crippen LogP) is 2.22. The number of nitrogens with zero attached hydrogens (tertiary/aromatic N) is 1. The highest BCUT2D eigenvalue weighted by molar-refractivity contribution is 6.31. The second-order valence-electron chi connectivity index (χ2n) is 6.16. The highest BCUT2D eigenvalue weighted by atomic mass is 35.5. The Hall–Kier alpha value is -1.30. The third-order valence-electron chi connectivity index (χ3n) is 4.13. The Bertz CT molecular complexity index is 519. The molecule has 1 saturated heterocycles. The van der Waals surface area contributed by atoms with Gasteiger partial charge in [0.1, 0.15) is 5.75 Å². The molecule has 134 valence electrons. The van der Waals surface area contributed by atoms with Gasteiger partial charge in [0, 0.05) is 44.2 Å². The van der Waals surface area contributed by atoms with Gasteiger partial charge in [0.15, 0.2) is 0 Å². The summed E-state index contributed by atoms with van der Waals surface area (Å²) >= 11 is 5.98. The van der Waals surface area contributed by atoms with Crippen molar-refractivity contribution in [1.82, 2.24) is 15.5 Å². The molecule has 0 aromatic heterocycles. The minimum absolute atomic E-state index is 0.103. The zero-order valence-electron chi connectivity index (χ0n) is 14.4. The quantitative estimate of drug-likeness (QED) is 0.668. The van der Waals surface area contributed by atoms with Gasteiger partial charge < -0.3 is 20.3 Å². The van der Waals surface area contributed by atoms with Gasteiger partial charge >= 0.3 is 0 Å². The van der Waals surface area contributed by atoms with E-state index in [1.807, 2.05) is 25.1 Å². The molecule has 1 heterocycles. The fourth-order valence-corrected chi connectivity index (χ4v) is 2.80. The average Bonchev–Trinajstić information content (AvgIpc) is 2.59. The van der Waals surface area contributed by atoms with Crippen molar-refractivity contribution in [2.24, 2.45) is 0 Å². The van der Waals surface area contributed by atoms with Gasteiger partial charge in [-0.1, -0.05) is 11.6 Å². The summed E-state index contributed by atoms with van der Waals surface area (Å²) in [5, 5.41) is 7.06. The first kappa shape index (κ1) is 19.0. The summed E-state index contributed by atoms with van der Waals surface area (Å²) < 4.78 is 5.65. The first-order chi connectivity index (χ1) is 11.6. The van der Waals surface area contributed by atoms with Crippen molar-refractivity contribution in [2.75, 3.05) is 45.9 Å². The van der Waals surface area contributed by atoms with Crippen molar-refractivity contribution in [1.29, 1.82) is 0 Å². The molecule has 1 aliphatic heterocycles. The maximum atomic E-state index is 11.8. The number of rotatable bonds is 9. The normalized spacial score (nSPS) is 15.2. The molecule has 5 nitrogen and oxygen atoms in total. The van der Waals surface area contributed by atoms with Gasteiger partial charge in [0.2, 0.25) is 5.91 Å². The van der Waals surface area contributed by atoms with Gasteiger partial charge in [0.05, 0.1) is 6.61 Å². The van der Waals surface area contributed by atoms with E-state index in [0.29, 0.717) is 19.4 Å². The minimum atomic E-state index is 0.103. The monoisotopic (exact) mass is 353 g/mol. The Labute approximate surface area is 149 Å². The molecule has 1 aromatic carbocycles. The zero-order valence-corrected chi connectivity index (χ0v) is 15.2. The van der Waals surface area contributed by atoms with Crippen LogP contribution in [-0.4, -0.2) is 56.7 Å². The fourth-order valence-electron chi connectivity index (χ4n) is 2.68. The van der Waals surface area contributed by atoms with E-state index in [1.165, 1.54) is 0 Å². The Kier molecular flexibility index (Phi) is 8.36. The Balaban J connectivity index is 1.49. The first-order valence-corrected chi connectivity index (χ1v) is 9.11. The summed E-state index contributed by atoms with van der Waals surface area (Å²) in [5.41, 5.74) is 0.997. The van der Waals surface area contributed by atoms with Crippen LogP contribution in [0.15, 0.2) is 18.2 Å². The third kappa shape index (κ3) is 7.07. The third-order valence-corrected chi connectivity index (χ3v) is 4.55. The number of carbonyl (C=O) groups excluding carboxylic acids is 1. The topological polar surface area (TPSA) is 53.6 Å². The number of piperazine rings is 1. The molecule has 0 unspecified atom stereocenters. The molecule has 2 N–H and O–H groups in total. The lowest BCUT2D eigenvalue weighted by atomic mass is 10.2. The Morgan fingerprint density at radius 1 is 1.33 bits per heavy atom. The van der Waals surface area contributed by atoms with E-state index in [1.54, 1.807) is 0 Å². The van der Waals surface area contributed by atoms with E-state index in [-0.39, 0.29) is 5.91 Å². The van der Waals surface area contributed by atoms with Crippen LogP contribution in [0.25, 0.3) is 0 Å². The van der Waals surface area contributed by atoms with E-state index >= 15 is 0 Å². The van der Waals surface area contributed by atoms with Gasteiger partial charge in [-0.2, -0.15) is 0 Å². The zero-order chi connectivity index (χ0) is 17.2. The maximum absolute atomic E-state index is 11.8. The molecular weight excluding hydrogens is 326 g/mol. The van der Waals surface area contributed by atoms with Crippen molar-refractivity contribution >= 4 is 17.5 Å². The molecule has 0 radical (unpaired) electrons. The van der Waals surface area contributed by atoms with Crippen LogP contribution in [0.4, 0.5) is 0 Å². The molecule has 1 amide bonds. The number of benzene rings is 1. The number of hydrogen-bond donors (Lipinski definition) is 2. The van der Waals surface area contributed by atoms with E-state index < -0.39 is 0 Å². The van der Waals surface area contributed by atoms with Crippen LogP contribution in [0.5, 0.6) is 5.75 Å². The molecule has 24 heavy (non-hydrogen) atoms. The van der Waals surface area contributed by atoms with Crippen molar-refractivity contribution in [3.05, 3.63) is 28.8 Å². The summed E-state index contributed by atoms with van der Waals surface area (Å²) in [6, 6.07) is 5.60. The maximum Gasteiger partial charge on any atom is 0.220 e. The molecule has 0 aliphatic carbocycles. The van der Waals surface area contributed by atoms with Crippen molar-refractivity contribution < 1.29 is 9.53 Å². The molecule has 6 heteroatoms. The Morgan fingerprint density at radius 3 is 2.88 bits per heavy atom. The Morgan fingerprint density at radius 2 is 2.12 bits per heavy atom. The molecule has 0 saturated carbocycles. The van der Waals surface area contributed by atoms with Gasteiger partial charge in [-0.15, -0.1) is 0 Å². The van der Waals surface area contributed by atoms with Crippen molar-refractivity contribution in [3.63, 3.8) is 0 Å². The SMILES string of the molecule is Cc1cc(OCCCC(=O)NCCCN2CCNCC2)ccc1Cl. The second kappa shape index (κ2) is 10.5. The number of ether oxygens (including phenoxy) is 1. The average molecular weight is 354 g/mol. The van der Waals surface area contributed by atoms with Crippen LogP contribution in [-0.2, 0) is 4.79 Å². The van der Waals surface area contributed by atoms with Gasteiger partial charge in [-0.3, -0.25) is 4.79 Å². The molecule has 0 atom stereocenters. The van der Waals surface area contributed by atoms with Gasteiger partial charge in [-0.25, -0.2) is 0 Å². The lowest BCUT2D eigenvalue weighted by Gasteiger charge is -2.27. The van der Waals surface area contributed by atoms with E-state index in [2.05, 4.69) is 15.5 Å². The molecule has 1 fully saturated rings. The van der Waals surface area contributed by atoms with Crippen LogP contribution in [0.2, 0.25) is 5.02 Å². The largest absolute Gasteiger partial charge is 0.494 e. The molecule has 2 rings (SSSR count). The number of hydrogen-bond acceptors (Lipinski definition) is 4. The van der Waals surface area contributed by atoms with E-state index in [0.717, 1.165) is 62.0 Å². The number of halogens is 1. The smallest absolute Gasteiger partial charge is 0.220 e. The molecule has 0 spiro atoms. The predicted molar refractivity (Wildman–Crippen MR) is 97.9 cm³/mol. The number of amides is 1. The van der Waals surface area contributed by atoms with Crippen molar-refractivity contribution in [2.45, 2.75) is 26.2 Å². The fraction of sp³-hybridized carbons (Fsp3) is 0.611. The van der Waals surface area contributed by atoms with Crippen LogP contribution >= 0.6 is 11.6 Å². The minimum Gasteiger partial charge on any atom is -0.494 e. The summed E-state index contributed by atoms with van der Waals surface area (Å²) in [5.74, 6) is 0.902. The summed E-state index contributed by atoms with van der Waals surface area (Å²) in [7, 11) is 0. The summed E-state index contributed by atoms with van der Waals surface area (Å²) in [4.78, 5) is 14.2. The first-order valence-electron chi connectivity index (χ1n) is 8.74. The van der Waals surface area contributed by atoms with E-state index in [9.17, 15) is 4.79 Å². The number of nitrogens with one attached hydrogen (secondary N) is 2. The molecule has 1 aliphatic rings. The van der Waals surface area contributed by atoms with Crippen LogP contribution in [0.1, 0.15) is 24.8 Å². The highest BCUT2D eigenvalue weighted by Gasteiger charge is 2.08. The van der Waals surface area contributed by atoms with Crippen LogP contribution in [0, 0.1) is 6.92 Å². The van der Waals surface area contributed by atoms with E-state index in [4.69, 9.17) is 16.3 Å². The second-order valence-corrected chi connectivity index (χ2v) is 6.57. The number of aryl methyl sites for hydroxylation is 1. The van der Waals surface area contributed by atoms with Gasteiger partial charge in [0.25, 0.3) is 0 Å². The number of carbonyl (C=O) groups is 1. The summed E-state index contributed by atoms with van der Waals surface area (Å²) in [6.07, 6.45) is 2.22. The highest BCUT2D eigenvalue weighted by Crippen LogP contribution is 2.21. The standard InChI is InChI=1S/C18H28ClN3O2/c1-15-14-16(5-6-17(15)19)24-13-2-4-18(23)21-7-3-10-22-11-8-20-9-12-22/h5-6,14,20H,2-4,7-13H2,1H3,(H,21,23). The van der Waals surface area contributed by atoms with Crippen LogP contribution in [0.3, 0.4) is 0 Å². The molecule has 0 bridgehead atoms. The van der Waals surface area contributed by atoms with Crippen molar-refractivity contribution in [3.8, 4) is 5.75 Å². The molecular formula is C18H28ClN3O2. The summed E-state index contributed by atoms with van der Waals surface area (Å²) in [6.45, 7) is 8.64. The lowest BCUT2D eigenvalue weighted by molar-refractivity contribution is -0.121. The molecule has 1 aromatic rings. The van der Waals surface area contributed by atoms with Crippen LogP contribution < -0.4 is 15.4 Å². The lowest BCUT2D eigenvalue weighted by Crippen LogP contribution is -2.44.